The molecular formula is C12H22N4. The molecule has 1 aromatic rings. The van der Waals surface area contributed by atoms with Gasteiger partial charge in [-0.25, -0.2) is 9.97 Å². The first-order valence-electron chi connectivity index (χ1n) is 5.85. The maximum atomic E-state index is 4.32. The van der Waals surface area contributed by atoms with Crippen LogP contribution in [0.25, 0.3) is 0 Å². The van der Waals surface area contributed by atoms with E-state index in [9.17, 15) is 0 Å². The molecule has 0 aliphatic carbocycles. The molecule has 4 nitrogen and oxygen atoms in total. The minimum absolute atomic E-state index is 0.692. The Hall–Kier alpha value is -1.16. The molecule has 0 saturated heterocycles. The molecule has 1 aromatic heterocycles. The third kappa shape index (κ3) is 5.07. The van der Waals surface area contributed by atoms with Gasteiger partial charge in [0.05, 0.1) is 0 Å². The van der Waals surface area contributed by atoms with E-state index in [1.54, 1.807) is 0 Å². The molecule has 1 heterocycles. The number of nitrogens with zero attached hydrogens (tertiary/aromatic N) is 2. The first kappa shape index (κ1) is 12.9. The molecule has 0 saturated carbocycles. The van der Waals surface area contributed by atoms with E-state index < -0.39 is 0 Å². The minimum atomic E-state index is 0.692. The highest BCUT2D eigenvalue weighted by molar-refractivity contribution is 5.27. The second-order valence-corrected chi connectivity index (χ2v) is 4.50. The molecule has 0 aliphatic heterocycles. The van der Waals surface area contributed by atoms with E-state index in [1.165, 1.54) is 0 Å². The highest BCUT2D eigenvalue weighted by atomic mass is 15.1. The van der Waals surface area contributed by atoms with Gasteiger partial charge in [-0.05, 0) is 32.4 Å². The molecule has 0 radical (unpaired) electrons. The molecule has 16 heavy (non-hydrogen) atoms. The Morgan fingerprint density at radius 2 is 1.75 bits per heavy atom. The number of nitrogens with one attached hydrogen (secondary N) is 2. The lowest BCUT2D eigenvalue weighted by molar-refractivity contribution is 0.561. The maximum absolute atomic E-state index is 4.32. The Bertz CT molecular complexity index is 303. The average molecular weight is 222 g/mol. The van der Waals surface area contributed by atoms with Crippen LogP contribution >= 0.6 is 0 Å². The number of hydrogen-bond donors (Lipinski definition) is 2. The molecular weight excluding hydrogens is 200 g/mol. The third-order valence-corrected chi connectivity index (χ3v) is 2.12. The summed E-state index contributed by atoms with van der Waals surface area (Å²) in [6, 6.07) is 1.97. The molecule has 2 N–H and O–H groups in total. The van der Waals surface area contributed by atoms with Crippen molar-refractivity contribution in [3.05, 3.63) is 17.5 Å². The Morgan fingerprint density at radius 1 is 1.12 bits per heavy atom. The second kappa shape index (κ2) is 6.43. The van der Waals surface area contributed by atoms with E-state index in [-0.39, 0.29) is 0 Å². The predicted molar refractivity (Wildman–Crippen MR) is 67.7 cm³/mol. The molecule has 0 aromatic carbocycles. The van der Waals surface area contributed by atoms with Gasteiger partial charge in [0, 0.05) is 24.5 Å². The van der Waals surface area contributed by atoms with Gasteiger partial charge in [-0.15, -0.1) is 0 Å². The zero-order valence-corrected chi connectivity index (χ0v) is 10.7. The van der Waals surface area contributed by atoms with Crippen molar-refractivity contribution in [2.75, 3.05) is 25.0 Å². The van der Waals surface area contributed by atoms with Crippen molar-refractivity contribution in [1.82, 2.24) is 15.3 Å². The maximum Gasteiger partial charge on any atom is 0.223 e. The van der Waals surface area contributed by atoms with Gasteiger partial charge in [0.2, 0.25) is 5.95 Å². The van der Waals surface area contributed by atoms with Gasteiger partial charge < -0.3 is 10.6 Å². The summed E-state index contributed by atoms with van der Waals surface area (Å²) in [4.78, 5) is 8.63. The van der Waals surface area contributed by atoms with E-state index >= 15 is 0 Å². The first-order chi connectivity index (χ1) is 7.58. The Kier molecular flexibility index (Phi) is 5.19. The molecule has 0 fully saturated rings. The van der Waals surface area contributed by atoms with E-state index in [0.717, 1.165) is 37.0 Å². The van der Waals surface area contributed by atoms with Crippen molar-refractivity contribution >= 4 is 5.95 Å². The van der Waals surface area contributed by atoms with Crippen molar-refractivity contribution in [2.24, 2.45) is 5.92 Å². The monoisotopic (exact) mass is 222 g/mol. The van der Waals surface area contributed by atoms with Crippen LogP contribution in [-0.2, 0) is 0 Å². The van der Waals surface area contributed by atoms with Gasteiger partial charge >= 0.3 is 0 Å². The molecule has 0 atom stereocenters. The fraction of sp³-hybridized carbons (Fsp3) is 0.667. The second-order valence-electron chi connectivity index (χ2n) is 4.50. The molecule has 4 heteroatoms. The summed E-state index contributed by atoms with van der Waals surface area (Å²) in [5, 5.41) is 6.58. The van der Waals surface area contributed by atoms with E-state index in [0.29, 0.717) is 5.92 Å². The summed E-state index contributed by atoms with van der Waals surface area (Å²) in [5.74, 6) is 1.42. The summed E-state index contributed by atoms with van der Waals surface area (Å²) in [5.41, 5.74) is 2.01. The summed E-state index contributed by atoms with van der Waals surface area (Å²) >= 11 is 0. The lowest BCUT2D eigenvalue weighted by Gasteiger charge is -2.09. The predicted octanol–water partition coefficient (Wildman–Crippen LogP) is 1.75. The normalized spacial score (nSPS) is 10.8. The van der Waals surface area contributed by atoms with Crippen molar-refractivity contribution in [2.45, 2.75) is 27.7 Å². The molecule has 0 spiro atoms. The lowest BCUT2D eigenvalue weighted by Crippen LogP contribution is -2.26. The van der Waals surface area contributed by atoms with Crippen molar-refractivity contribution in [3.8, 4) is 0 Å². The topological polar surface area (TPSA) is 49.8 Å². The summed E-state index contributed by atoms with van der Waals surface area (Å²) < 4.78 is 0. The van der Waals surface area contributed by atoms with Gasteiger partial charge in [0.25, 0.3) is 0 Å². The number of rotatable bonds is 6. The van der Waals surface area contributed by atoms with E-state index in [2.05, 4.69) is 34.4 Å². The molecule has 0 unspecified atom stereocenters. The summed E-state index contributed by atoms with van der Waals surface area (Å²) in [6.07, 6.45) is 0. The molecule has 0 amide bonds. The van der Waals surface area contributed by atoms with Gasteiger partial charge in [-0.1, -0.05) is 13.8 Å². The van der Waals surface area contributed by atoms with Gasteiger partial charge in [-0.2, -0.15) is 0 Å². The van der Waals surface area contributed by atoms with Gasteiger partial charge in [-0.3, -0.25) is 0 Å². The van der Waals surface area contributed by atoms with Crippen LogP contribution in [0.3, 0.4) is 0 Å². The van der Waals surface area contributed by atoms with E-state index in [4.69, 9.17) is 0 Å². The fourth-order valence-corrected chi connectivity index (χ4v) is 1.46. The minimum Gasteiger partial charge on any atom is -0.353 e. The molecule has 90 valence electrons. The van der Waals surface area contributed by atoms with Crippen LogP contribution in [0.5, 0.6) is 0 Å². The molecule has 0 aliphatic rings. The zero-order valence-electron chi connectivity index (χ0n) is 10.7. The molecule has 1 rings (SSSR count). The van der Waals surface area contributed by atoms with Crippen LogP contribution in [-0.4, -0.2) is 29.6 Å². The first-order valence-corrected chi connectivity index (χ1v) is 5.85. The fourth-order valence-electron chi connectivity index (χ4n) is 1.46. The zero-order chi connectivity index (χ0) is 12.0. The Labute approximate surface area is 97.9 Å². The Morgan fingerprint density at radius 3 is 2.31 bits per heavy atom. The van der Waals surface area contributed by atoms with Gasteiger partial charge in [0.15, 0.2) is 0 Å². The van der Waals surface area contributed by atoms with Crippen molar-refractivity contribution < 1.29 is 0 Å². The standard InChI is InChI=1S/C12H22N4/c1-9(2)8-13-5-6-14-12-15-10(3)7-11(4)16-12/h7,9,13H,5-6,8H2,1-4H3,(H,14,15,16). The number of aromatic nitrogens is 2. The number of hydrogen-bond acceptors (Lipinski definition) is 4. The van der Waals surface area contributed by atoms with Crippen LogP contribution in [0, 0.1) is 19.8 Å². The Balaban J connectivity index is 2.26. The summed E-state index contributed by atoms with van der Waals surface area (Å²) in [7, 11) is 0. The number of anilines is 1. The van der Waals surface area contributed by atoms with Crippen molar-refractivity contribution in [1.29, 1.82) is 0 Å². The van der Waals surface area contributed by atoms with Crippen LogP contribution in [0.4, 0.5) is 5.95 Å². The third-order valence-electron chi connectivity index (χ3n) is 2.12. The molecule has 0 bridgehead atoms. The SMILES string of the molecule is Cc1cc(C)nc(NCCNCC(C)C)n1. The van der Waals surface area contributed by atoms with E-state index in [1.807, 2.05) is 19.9 Å². The number of aryl methyl sites for hydroxylation is 2. The lowest BCUT2D eigenvalue weighted by atomic mass is 10.2. The van der Waals surface area contributed by atoms with Gasteiger partial charge in [0.1, 0.15) is 0 Å². The van der Waals surface area contributed by atoms with Crippen molar-refractivity contribution in [3.63, 3.8) is 0 Å². The average Bonchev–Trinajstić information content (AvgIpc) is 2.15. The largest absolute Gasteiger partial charge is 0.353 e. The van der Waals surface area contributed by atoms with Crippen LogP contribution in [0.2, 0.25) is 0 Å². The van der Waals surface area contributed by atoms with Crippen LogP contribution < -0.4 is 10.6 Å². The quantitative estimate of drug-likeness (QED) is 0.720. The highest BCUT2D eigenvalue weighted by Gasteiger charge is 1.98. The van der Waals surface area contributed by atoms with Crippen LogP contribution in [0.15, 0.2) is 6.07 Å². The van der Waals surface area contributed by atoms with Crippen LogP contribution in [0.1, 0.15) is 25.2 Å². The summed E-state index contributed by atoms with van der Waals surface area (Å²) in [6.45, 7) is 11.2. The highest BCUT2D eigenvalue weighted by Crippen LogP contribution is 2.02. The smallest absolute Gasteiger partial charge is 0.223 e.